The molecule has 0 saturated heterocycles. The highest BCUT2D eigenvalue weighted by atomic mass is 35.5. The zero-order valence-corrected chi connectivity index (χ0v) is 7.94. The van der Waals surface area contributed by atoms with Gasteiger partial charge in [0.2, 0.25) is 0 Å². The Hall–Kier alpha value is 0.250. The summed E-state index contributed by atoms with van der Waals surface area (Å²) in [5.41, 5.74) is 0. The van der Waals surface area contributed by atoms with Crippen molar-refractivity contribution in [2.75, 3.05) is 13.0 Å². The molecule has 0 heterocycles. The smallest absolute Gasteiger partial charge is 0.0734 e. The largest absolute Gasteiger partial charge is 0.380 e. The van der Waals surface area contributed by atoms with E-state index in [9.17, 15) is 0 Å². The normalized spacial score (nSPS) is 23.5. The van der Waals surface area contributed by atoms with Crippen LogP contribution >= 0.6 is 11.6 Å². The second-order valence-electron chi connectivity index (χ2n) is 3.33. The molecule has 1 unspecified atom stereocenters. The molecule has 1 saturated carbocycles. The van der Waals surface area contributed by atoms with Crippen LogP contribution in [0.25, 0.3) is 0 Å². The first-order valence-electron chi connectivity index (χ1n) is 4.47. The summed E-state index contributed by atoms with van der Waals surface area (Å²) in [5, 5.41) is 0. The van der Waals surface area contributed by atoms with E-state index in [0.29, 0.717) is 12.0 Å². The minimum atomic E-state index is 0.303. The van der Waals surface area contributed by atoms with Crippen LogP contribution in [0.1, 0.15) is 32.1 Å². The fourth-order valence-electron chi connectivity index (χ4n) is 1.89. The van der Waals surface area contributed by atoms with E-state index in [1.54, 1.807) is 7.11 Å². The van der Waals surface area contributed by atoms with Gasteiger partial charge in [-0.05, 0) is 18.8 Å². The highest BCUT2D eigenvalue weighted by Gasteiger charge is 2.22. The average molecular weight is 177 g/mol. The number of alkyl halides is 1. The van der Waals surface area contributed by atoms with E-state index in [1.807, 2.05) is 0 Å². The summed E-state index contributed by atoms with van der Waals surface area (Å²) in [4.78, 5) is 0. The molecule has 2 heteroatoms. The predicted molar refractivity (Wildman–Crippen MR) is 48.1 cm³/mol. The fourth-order valence-corrected chi connectivity index (χ4v) is 2.27. The summed E-state index contributed by atoms with van der Waals surface area (Å²) in [5.74, 6) is 1.38. The van der Waals surface area contributed by atoms with Crippen LogP contribution in [0.5, 0.6) is 0 Å². The van der Waals surface area contributed by atoms with E-state index in [4.69, 9.17) is 16.3 Å². The molecule has 0 radical (unpaired) electrons. The number of ether oxygens (including phenoxy) is 1. The molecule has 0 amide bonds. The average Bonchev–Trinajstić information content (AvgIpc) is 2.09. The van der Waals surface area contributed by atoms with Gasteiger partial charge in [-0.3, -0.25) is 0 Å². The first-order valence-corrected chi connectivity index (χ1v) is 5.00. The van der Waals surface area contributed by atoms with Crippen molar-refractivity contribution in [2.24, 2.45) is 5.92 Å². The van der Waals surface area contributed by atoms with Gasteiger partial charge in [0.1, 0.15) is 0 Å². The lowest BCUT2D eigenvalue weighted by Crippen LogP contribution is -2.26. The Bertz CT molecular complexity index is 95.7. The molecule has 0 aromatic carbocycles. The van der Waals surface area contributed by atoms with Crippen molar-refractivity contribution in [2.45, 2.75) is 38.2 Å². The van der Waals surface area contributed by atoms with Gasteiger partial charge in [0, 0.05) is 13.0 Å². The number of halogens is 1. The Balaban J connectivity index is 2.30. The van der Waals surface area contributed by atoms with Crippen molar-refractivity contribution in [3.63, 3.8) is 0 Å². The molecule has 0 aromatic heterocycles. The second-order valence-corrected chi connectivity index (χ2v) is 3.64. The molecule has 1 rings (SSSR count). The molecule has 0 aliphatic heterocycles. The lowest BCUT2D eigenvalue weighted by Gasteiger charge is -2.27. The fraction of sp³-hybridized carbons (Fsp3) is 1.00. The van der Waals surface area contributed by atoms with E-state index >= 15 is 0 Å². The molecular formula is C9H17ClO. The summed E-state index contributed by atoms with van der Waals surface area (Å²) >= 11 is 5.78. The van der Waals surface area contributed by atoms with Crippen LogP contribution in [0.2, 0.25) is 0 Å². The van der Waals surface area contributed by atoms with E-state index in [1.165, 1.54) is 32.1 Å². The number of hydrogen-bond acceptors (Lipinski definition) is 1. The third-order valence-electron chi connectivity index (χ3n) is 2.63. The standard InChI is InChI=1S/C9H17ClO/c1-11-9(7-10)8-5-3-2-4-6-8/h8-9H,2-7H2,1H3. The van der Waals surface area contributed by atoms with Crippen molar-refractivity contribution >= 4 is 11.6 Å². The Morgan fingerprint density at radius 2 is 2.00 bits per heavy atom. The first kappa shape index (κ1) is 9.34. The van der Waals surface area contributed by atoms with Crippen molar-refractivity contribution in [1.82, 2.24) is 0 Å². The molecule has 0 N–H and O–H groups in total. The summed E-state index contributed by atoms with van der Waals surface area (Å²) < 4.78 is 5.31. The molecule has 0 bridgehead atoms. The van der Waals surface area contributed by atoms with Gasteiger partial charge in [-0.1, -0.05) is 19.3 Å². The van der Waals surface area contributed by atoms with Crippen LogP contribution in [-0.2, 0) is 4.74 Å². The van der Waals surface area contributed by atoms with Gasteiger partial charge in [0.25, 0.3) is 0 Å². The maximum atomic E-state index is 5.78. The lowest BCUT2D eigenvalue weighted by atomic mass is 9.86. The molecule has 11 heavy (non-hydrogen) atoms. The maximum Gasteiger partial charge on any atom is 0.0734 e. The molecule has 1 nitrogen and oxygen atoms in total. The minimum absolute atomic E-state index is 0.303. The van der Waals surface area contributed by atoms with Crippen molar-refractivity contribution in [3.05, 3.63) is 0 Å². The number of methoxy groups -OCH3 is 1. The second kappa shape index (κ2) is 5.00. The van der Waals surface area contributed by atoms with Crippen molar-refractivity contribution < 1.29 is 4.74 Å². The van der Waals surface area contributed by atoms with Crippen LogP contribution in [0, 0.1) is 5.92 Å². The summed E-state index contributed by atoms with van der Waals surface area (Å²) in [6.45, 7) is 0. The van der Waals surface area contributed by atoms with Crippen molar-refractivity contribution in [3.8, 4) is 0 Å². The molecule has 0 spiro atoms. The number of hydrogen-bond donors (Lipinski definition) is 0. The Labute approximate surface area is 74.1 Å². The Kier molecular flexibility index (Phi) is 4.24. The monoisotopic (exact) mass is 176 g/mol. The van der Waals surface area contributed by atoms with Crippen LogP contribution in [0.15, 0.2) is 0 Å². The molecule has 1 aliphatic rings. The van der Waals surface area contributed by atoms with Gasteiger partial charge in [-0.25, -0.2) is 0 Å². The molecule has 66 valence electrons. The Morgan fingerprint density at radius 3 is 2.45 bits per heavy atom. The predicted octanol–water partition coefficient (Wildman–Crippen LogP) is 2.82. The van der Waals surface area contributed by atoms with Gasteiger partial charge in [-0.15, -0.1) is 11.6 Å². The van der Waals surface area contributed by atoms with Crippen LogP contribution in [0.4, 0.5) is 0 Å². The SMILES string of the molecule is COC(CCl)C1CCCCC1. The molecule has 1 atom stereocenters. The zero-order chi connectivity index (χ0) is 8.10. The lowest BCUT2D eigenvalue weighted by molar-refractivity contribution is 0.0533. The first-order chi connectivity index (χ1) is 5.38. The Morgan fingerprint density at radius 1 is 1.36 bits per heavy atom. The summed E-state index contributed by atoms with van der Waals surface area (Å²) in [7, 11) is 1.77. The third kappa shape index (κ3) is 2.64. The van der Waals surface area contributed by atoms with E-state index in [-0.39, 0.29) is 0 Å². The quantitative estimate of drug-likeness (QED) is 0.601. The topological polar surface area (TPSA) is 9.23 Å². The molecule has 0 aromatic rings. The maximum absolute atomic E-state index is 5.78. The van der Waals surface area contributed by atoms with Crippen LogP contribution in [-0.4, -0.2) is 19.1 Å². The van der Waals surface area contributed by atoms with E-state index < -0.39 is 0 Å². The highest BCUT2D eigenvalue weighted by molar-refractivity contribution is 6.18. The highest BCUT2D eigenvalue weighted by Crippen LogP contribution is 2.28. The summed E-state index contributed by atoms with van der Waals surface area (Å²) in [6.07, 6.45) is 7.05. The third-order valence-corrected chi connectivity index (χ3v) is 2.93. The van der Waals surface area contributed by atoms with Gasteiger partial charge in [0.15, 0.2) is 0 Å². The van der Waals surface area contributed by atoms with Crippen LogP contribution < -0.4 is 0 Å². The minimum Gasteiger partial charge on any atom is -0.380 e. The summed E-state index contributed by atoms with van der Waals surface area (Å²) in [6, 6.07) is 0. The molecular weight excluding hydrogens is 160 g/mol. The van der Waals surface area contributed by atoms with Gasteiger partial charge in [0.05, 0.1) is 6.10 Å². The van der Waals surface area contributed by atoms with Gasteiger partial charge >= 0.3 is 0 Å². The van der Waals surface area contributed by atoms with Crippen molar-refractivity contribution in [1.29, 1.82) is 0 Å². The van der Waals surface area contributed by atoms with Gasteiger partial charge < -0.3 is 4.74 Å². The van der Waals surface area contributed by atoms with E-state index in [2.05, 4.69) is 0 Å². The molecule has 1 aliphatic carbocycles. The zero-order valence-electron chi connectivity index (χ0n) is 7.18. The molecule has 1 fully saturated rings. The van der Waals surface area contributed by atoms with Gasteiger partial charge in [-0.2, -0.15) is 0 Å². The van der Waals surface area contributed by atoms with Crippen LogP contribution in [0.3, 0.4) is 0 Å². The van der Waals surface area contributed by atoms with E-state index in [0.717, 1.165) is 5.92 Å². The number of rotatable bonds is 3.